The Morgan fingerprint density at radius 2 is 1.82 bits per heavy atom. The van der Waals surface area contributed by atoms with Gasteiger partial charge in [-0.05, 0) is 24.8 Å². The maximum atomic E-state index is 13.2. The fourth-order valence-electron chi connectivity index (χ4n) is 4.37. The molecule has 2 N–H and O–H groups in total. The van der Waals surface area contributed by atoms with E-state index < -0.39 is 6.04 Å². The minimum absolute atomic E-state index is 0.00549. The molecule has 2 heterocycles. The second kappa shape index (κ2) is 7.91. The second-order valence-corrected chi connectivity index (χ2v) is 8.29. The molecular formula is C21H28N4O3. The van der Waals surface area contributed by atoms with Gasteiger partial charge in [0.05, 0.1) is 0 Å². The zero-order valence-corrected chi connectivity index (χ0v) is 16.3. The van der Waals surface area contributed by atoms with Crippen molar-refractivity contribution in [3.05, 3.63) is 35.9 Å². The van der Waals surface area contributed by atoms with Gasteiger partial charge in [0.25, 0.3) is 0 Å². The van der Waals surface area contributed by atoms with E-state index >= 15 is 0 Å². The number of carbonyl (C=O) groups is 3. The van der Waals surface area contributed by atoms with Crippen molar-refractivity contribution in [3.8, 4) is 0 Å². The van der Waals surface area contributed by atoms with Gasteiger partial charge in [-0.15, -0.1) is 0 Å². The smallest absolute Gasteiger partial charge is 0.246 e. The molecule has 7 nitrogen and oxygen atoms in total. The number of hydrogen-bond acceptors (Lipinski definition) is 4. The molecule has 1 saturated carbocycles. The van der Waals surface area contributed by atoms with Crippen molar-refractivity contribution in [3.63, 3.8) is 0 Å². The molecule has 1 aliphatic carbocycles. The minimum atomic E-state index is -0.530. The van der Waals surface area contributed by atoms with Crippen molar-refractivity contribution >= 4 is 17.7 Å². The van der Waals surface area contributed by atoms with Crippen molar-refractivity contribution in [2.45, 2.75) is 50.9 Å². The van der Waals surface area contributed by atoms with E-state index in [-0.39, 0.29) is 35.7 Å². The lowest BCUT2D eigenvalue weighted by molar-refractivity contribution is -0.136. The van der Waals surface area contributed by atoms with E-state index in [9.17, 15) is 14.4 Å². The molecule has 3 aliphatic rings. The molecule has 0 unspecified atom stereocenters. The van der Waals surface area contributed by atoms with E-state index in [0.29, 0.717) is 13.1 Å². The Labute approximate surface area is 165 Å². The van der Waals surface area contributed by atoms with Gasteiger partial charge in [-0.25, -0.2) is 0 Å². The Balaban J connectivity index is 1.52. The van der Waals surface area contributed by atoms with Gasteiger partial charge in [0.15, 0.2) is 0 Å². The average molecular weight is 384 g/mol. The van der Waals surface area contributed by atoms with Gasteiger partial charge in [0, 0.05) is 51.1 Å². The van der Waals surface area contributed by atoms with Crippen LogP contribution in [-0.2, 0) is 20.9 Å². The van der Waals surface area contributed by atoms with Crippen LogP contribution in [0.5, 0.6) is 0 Å². The lowest BCUT2D eigenvalue weighted by Gasteiger charge is -2.25. The molecule has 150 valence electrons. The number of fused-ring (bicyclic) bond motifs is 1. The van der Waals surface area contributed by atoms with Gasteiger partial charge in [-0.3, -0.25) is 19.3 Å². The normalized spacial score (nSPS) is 27.8. The van der Waals surface area contributed by atoms with Gasteiger partial charge >= 0.3 is 0 Å². The van der Waals surface area contributed by atoms with Crippen LogP contribution in [0.25, 0.3) is 0 Å². The number of nitrogens with zero attached hydrogens (tertiary/aromatic N) is 2. The number of amides is 3. The summed E-state index contributed by atoms with van der Waals surface area (Å²) in [6, 6.07) is 9.68. The molecule has 2 saturated heterocycles. The monoisotopic (exact) mass is 384 g/mol. The quantitative estimate of drug-likeness (QED) is 0.775. The Morgan fingerprint density at radius 3 is 2.50 bits per heavy atom. The summed E-state index contributed by atoms with van der Waals surface area (Å²) < 4.78 is 0. The molecule has 0 spiro atoms. The highest BCUT2D eigenvalue weighted by atomic mass is 16.2. The molecule has 0 aromatic heterocycles. The van der Waals surface area contributed by atoms with Crippen LogP contribution in [0.15, 0.2) is 30.3 Å². The minimum Gasteiger partial charge on any atom is -0.352 e. The van der Waals surface area contributed by atoms with E-state index in [0.717, 1.165) is 32.4 Å². The molecule has 1 aromatic rings. The van der Waals surface area contributed by atoms with Crippen molar-refractivity contribution in [2.24, 2.45) is 5.92 Å². The molecule has 28 heavy (non-hydrogen) atoms. The van der Waals surface area contributed by atoms with E-state index in [2.05, 4.69) is 27.7 Å². The van der Waals surface area contributed by atoms with Crippen LogP contribution in [0.4, 0.5) is 0 Å². The molecule has 0 bridgehead atoms. The van der Waals surface area contributed by atoms with Crippen LogP contribution in [0.2, 0.25) is 0 Å². The van der Waals surface area contributed by atoms with Gasteiger partial charge in [-0.2, -0.15) is 0 Å². The third-order valence-corrected chi connectivity index (χ3v) is 5.83. The SMILES string of the molecule is CC(=O)N[C@H]1C[C@H]2CN(Cc3ccccc3)C[C@H](NC(=O)C3CC3)C(=O)N2C1. The topological polar surface area (TPSA) is 81.8 Å². The van der Waals surface area contributed by atoms with Gasteiger partial charge in [-0.1, -0.05) is 30.3 Å². The van der Waals surface area contributed by atoms with Crippen LogP contribution in [-0.4, -0.2) is 65.3 Å². The Bertz CT molecular complexity index is 749. The van der Waals surface area contributed by atoms with Crippen molar-refractivity contribution in [2.75, 3.05) is 19.6 Å². The molecule has 4 rings (SSSR count). The van der Waals surface area contributed by atoms with E-state index in [1.165, 1.54) is 12.5 Å². The second-order valence-electron chi connectivity index (χ2n) is 8.29. The summed E-state index contributed by atoms with van der Waals surface area (Å²) in [6.45, 7) is 4.01. The highest BCUT2D eigenvalue weighted by Gasteiger charge is 2.43. The van der Waals surface area contributed by atoms with Gasteiger partial charge in [0.1, 0.15) is 6.04 Å². The highest BCUT2D eigenvalue weighted by molar-refractivity contribution is 5.90. The molecule has 3 amide bonds. The Hall–Kier alpha value is -2.41. The number of nitrogens with one attached hydrogen (secondary N) is 2. The fourth-order valence-corrected chi connectivity index (χ4v) is 4.37. The Kier molecular flexibility index (Phi) is 5.35. The lowest BCUT2D eigenvalue weighted by Crippen LogP contribution is -2.52. The van der Waals surface area contributed by atoms with Crippen LogP contribution in [0.1, 0.15) is 31.7 Å². The van der Waals surface area contributed by atoms with Gasteiger partial charge < -0.3 is 15.5 Å². The summed E-state index contributed by atoms with van der Waals surface area (Å²) in [5.74, 6) is -0.0357. The molecule has 2 aliphatic heterocycles. The maximum Gasteiger partial charge on any atom is 0.246 e. The van der Waals surface area contributed by atoms with Crippen molar-refractivity contribution < 1.29 is 14.4 Å². The third kappa shape index (κ3) is 4.35. The maximum absolute atomic E-state index is 13.2. The molecule has 3 atom stereocenters. The number of carbonyl (C=O) groups excluding carboxylic acids is 3. The zero-order chi connectivity index (χ0) is 19.7. The standard InChI is InChI=1S/C21H28N4O3/c1-14(26)22-17-9-18-12-24(10-15-5-3-2-4-6-15)13-19(21(28)25(18)11-17)23-20(27)16-7-8-16/h2-6,16-19H,7-13H2,1H3,(H,22,26)(H,23,27)/t17-,18-,19-/m0/s1. The van der Waals surface area contributed by atoms with Crippen LogP contribution >= 0.6 is 0 Å². The zero-order valence-electron chi connectivity index (χ0n) is 16.3. The highest BCUT2D eigenvalue weighted by Crippen LogP contribution is 2.30. The summed E-state index contributed by atoms with van der Waals surface area (Å²) in [5, 5.41) is 5.94. The van der Waals surface area contributed by atoms with Gasteiger partial charge in [0.2, 0.25) is 17.7 Å². The first-order valence-corrected chi connectivity index (χ1v) is 10.1. The lowest BCUT2D eigenvalue weighted by atomic mass is 10.1. The first-order chi connectivity index (χ1) is 13.5. The Morgan fingerprint density at radius 1 is 1.07 bits per heavy atom. The van der Waals surface area contributed by atoms with E-state index in [4.69, 9.17) is 0 Å². The van der Waals surface area contributed by atoms with Crippen molar-refractivity contribution in [1.82, 2.24) is 20.4 Å². The first-order valence-electron chi connectivity index (χ1n) is 10.1. The first kappa shape index (κ1) is 18.9. The summed E-state index contributed by atoms with van der Waals surface area (Å²) in [4.78, 5) is 41.1. The molecule has 1 aromatic carbocycles. The molecule has 7 heteroatoms. The number of hydrogen-bond donors (Lipinski definition) is 2. The summed E-state index contributed by atoms with van der Waals surface area (Å²) in [6.07, 6.45) is 2.58. The average Bonchev–Trinajstić information content (AvgIpc) is 3.44. The van der Waals surface area contributed by atoms with Crippen LogP contribution < -0.4 is 10.6 Å². The van der Waals surface area contributed by atoms with E-state index in [1.807, 2.05) is 23.1 Å². The molecule has 0 radical (unpaired) electrons. The number of benzene rings is 1. The molecular weight excluding hydrogens is 356 g/mol. The summed E-state index contributed by atoms with van der Waals surface area (Å²) >= 11 is 0. The largest absolute Gasteiger partial charge is 0.352 e. The summed E-state index contributed by atoms with van der Waals surface area (Å²) in [5.41, 5.74) is 1.19. The number of rotatable bonds is 5. The summed E-state index contributed by atoms with van der Waals surface area (Å²) in [7, 11) is 0. The van der Waals surface area contributed by atoms with Crippen molar-refractivity contribution in [1.29, 1.82) is 0 Å². The predicted octanol–water partition coefficient (Wildman–Crippen LogP) is 0.503. The molecule has 3 fully saturated rings. The van der Waals surface area contributed by atoms with E-state index in [1.54, 1.807) is 0 Å². The fraction of sp³-hybridized carbons (Fsp3) is 0.571. The van der Waals surface area contributed by atoms with Crippen LogP contribution in [0.3, 0.4) is 0 Å². The predicted molar refractivity (Wildman–Crippen MR) is 104 cm³/mol. The van der Waals surface area contributed by atoms with Crippen LogP contribution in [0, 0.1) is 5.92 Å². The third-order valence-electron chi connectivity index (χ3n) is 5.83.